The fourth-order valence-electron chi connectivity index (χ4n) is 2.41. The molecule has 8 nitrogen and oxygen atoms in total. The van der Waals surface area contributed by atoms with E-state index < -0.39 is 53.1 Å². The number of ether oxygens (including phenoxy) is 4. The summed E-state index contributed by atoms with van der Waals surface area (Å²) in [5, 5.41) is 0. The number of esters is 4. The zero-order valence-electron chi connectivity index (χ0n) is 13.2. The molecule has 130 valence electrons. The van der Waals surface area contributed by atoms with Crippen molar-refractivity contribution >= 4 is 39.8 Å². The molecule has 0 aromatic rings. The van der Waals surface area contributed by atoms with Crippen molar-refractivity contribution in [3.63, 3.8) is 0 Å². The van der Waals surface area contributed by atoms with E-state index in [0.717, 1.165) is 0 Å². The van der Waals surface area contributed by atoms with Gasteiger partial charge < -0.3 is 18.9 Å². The molecule has 0 heterocycles. The normalized spacial score (nSPS) is 30.0. The standard InChI is InChI=1S/C14H19BrO8/c1-6(16)20-10-5-11(21-7(2)17)13(22-8(3)18)14(12(10)15)23-9(4)19/h10-14H,5H2,1-4H3/t10-,11+,12+,13+,14+/m1/s1. The highest BCUT2D eigenvalue weighted by molar-refractivity contribution is 9.09. The third-order valence-corrected chi connectivity index (χ3v) is 4.17. The summed E-state index contributed by atoms with van der Waals surface area (Å²) in [4.78, 5) is 44.6. The minimum absolute atomic E-state index is 0.102. The first kappa shape index (κ1) is 19.4. The average molecular weight is 395 g/mol. The van der Waals surface area contributed by atoms with Gasteiger partial charge in [-0.25, -0.2) is 0 Å². The lowest BCUT2D eigenvalue weighted by molar-refractivity contribution is -0.198. The Hall–Kier alpha value is -1.64. The molecule has 0 aromatic carbocycles. The Balaban J connectivity index is 3.12. The Kier molecular flexibility index (Phi) is 6.99. The van der Waals surface area contributed by atoms with E-state index in [4.69, 9.17) is 18.9 Å². The van der Waals surface area contributed by atoms with Crippen LogP contribution in [-0.2, 0) is 38.1 Å². The first-order valence-corrected chi connectivity index (χ1v) is 7.86. The molecule has 1 saturated carbocycles. The minimum atomic E-state index is -1.00. The second-order valence-electron chi connectivity index (χ2n) is 5.12. The molecule has 9 heteroatoms. The van der Waals surface area contributed by atoms with Crippen molar-refractivity contribution in [1.29, 1.82) is 0 Å². The number of alkyl halides is 1. The zero-order valence-corrected chi connectivity index (χ0v) is 14.8. The van der Waals surface area contributed by atoms with Crippen molar-refractivity contribution in [1.82, 2.24) is 0 Å². The summed E-state index contributed by atoms with van der Waals surface area (Å²) < 4.78 is 20.7. The molecule has 1 fully saturated rings. The van der Waals surface area contributed by atoms with Crippen LogP contribution in [0, 0.1) is 0 Å². The molecular formula is C14H19BrO8. The average Bonchev–Trinajstić information content (AvgIpc) is 2.37. The van der Waals surface area contributed by atoms with Crippen LogP contribution in [0.15, 0.2) is 0 Å². The summed E-state index contributed by atoms with van der Waals surface area (Å²) in [6.07, 6.45) is -3.49. The van der Waals surface area contributed by atoms with Gasteiger partial charge >= 0.3 is 23.9 Å². The van der Waals surface area contributed by atoms with Gasteiger partial charge in [-0.1, -0.05) is 15.9 Å². The molecule has 0 amide bonds. The Bertz CT molecular complexity index is 491. The van der Waals surface area contributed by atoms with Crippen molar-refractivity contribution in [3.05, 3.63) is 0 Å². The van der Waals surface area contributed by atoms with Crippen LogP contribution in [-0.4, -0.2) is 53.1 Å². The van der Waals surface area contributed by atoms with Gasteiger partial charge in [-0.05, 0) is 0 Å². The SMILES string of the molecule is CC(=O)O[C@@H]1[C@@H](OC(C)=O)[C@@H](Br)[C@H](OC(C)=O)C[C@@H]1OC(C)=O. The van der Waals surface area contributed by atoms with E-state index >= 15 is 0 Å². The Morgan fingerprint density at radius 2 is 1.09 bits per heavy atom. The Labute approximate surface area is 141 Å². The summed E-state index contributed by atoms with van der Waals surface area (Å²) in [5.74, 6) is -2.35. The van der Waals surface area contributed by atoms with Crippen molar-refractivity contribution in [2.75, 3.05) is 0 Å². The molecule has 0 saturated heterocycles. The predicted molar refractivity (Wildman–Crippen MR) is 79.5 cm³/mol. The van der Waals surface area contributed by atoms with E-state index in [-0.39, 0.29) is 6.42 Å². The molecular weight excluding hydrogens is 376 g/mol. The Morgan fingerprint density at radius 3 is 1.52 bits per heavy atom. The summed E-state index contributed by atoms with van der Waals surface area (Å²) >= 11 is 3.32. The number of hydrogen-bond donors (Lipinski definition) is 0. The molecule has 5 atom stereocenters. The van der Waals surface area contributed by atoms with E-state index in [9.17, 15) is 19.2 Å². The van der Waals surface area contributed by atoms with Crippen LogP contribution >= 0.6 is 15.9 Å². The van der Waals surface area contributed by atoms with Crippen LogP contribution in [0.1, 0.15) is 34.1 Å². The van der Waals surface area contributed by atoms with Crippen LogP contribution in [0.3, 0.4) is 0 Å². The van der Waals surface area contributed by atoms with Crippen molar-refractivity contribution in [2.45, 2.75) is 63.4 Å². The molecule has 0 spiro atoms. The highest BCUT2D eigenvalue weighted by Crippen LogP contribution is 2.34. The van der Waals surface area contributed by atoms with Crippen molar-refractivity contribution in [3.8, 4) is 0 Å². The van der Waals surface area contributed by atoms with Gasteiger partial charge in [0.2, 0.25) is 0 Å². The molecule has 0 bridgehead atoms. The molecule has 23 heavy (non-hydrogen) atoms. The summed E-state index contributed by atoms with van der Waals surface area (Å²) in [6, 6.07) is 0. The number of carbonyl (C=O) groups is 4. The number of rotatable bonds is 4. The van der Waals surface area contributed by atoms with Gasteiger partial charge in [0.1, 0.15) is 12.2 Å². The first-order valence-electron chi connectivity index (χ1n) is 6.94. The first-order chi connectivity index (χ1) is 10.6. The zero-order chi connectivity index (χ0) is 17.7. The highest BCUT2D eigenvalue weighted by atomic mass is 79.9. The van der Waals surface area contributed by atoms with Crippen molar-refractivity contribution in [2.24, 2.45) is 0 Å². The molecule has 0 radical (unpaired) electrons. The lowest BCUT2D eigenvalue weighted by atomic mass is 9.89. The number of carbonyl (C=O) groups excluding carboxylic acids is 4. The van der Waals surface area contributed by atoms with E-state index in [2.05, 4.69) is 15.9 Å². The smallest absolute Gasteiger partial charge is 0.303 e. The van der Waals surface area contributed by atoms with Gasteiger partial charge in [-0.15, -0.1) is 0 Å². The van der Waals surface area contributed by atoms with Gasteiger partial charge in [0, 0.05) is 34.1 Å². The van der Waals surface area contributed by atoms with Gasteiger partial charge in [-0.3, -0.25) is 19.2 Å². The molecule has 0 aliphatic heterocycles. The maximum absolute atomic E-state index is 11.3. The largest absolute Gasteiger partial charge is 0.461 e. The van der Waals surface area contributed by atoms with Crippen LogP contribution in [0.5, 0.6) is 0 Å². The van der Waals surface area contributed by atoms with Gasteiger partial charge in [0.05, 0.1) is 4.83 Å². The third-order valence-electron chi connectivity index (χ3n) is 3.06. The fraction of sp³-hybridized carbons (Fsp3) is 0.714. The second kappa shape index (κ2) is 8.28. The minimum Gasteiger partial charge on any atom is -0.461 e. The predicted octanol–water partition coefficient (Wildman–Crippen LogP) is 0.880. The van der Waals surface area contributed by atoms with Crippen molar-refractivity contribution < 1.29 is 38.1 Å². The fourth-order valence-corrected chi connectivity index (χ4v) is 3.14. The molecule has 1 rings (SSSR count). The topological polar surface area (TPSA) is 105 Å². The molecule has 0 N–H and O–H groups in total. The highest BCUT2D eigenvalue weighted by Gasteiger charge is 2.50. The summed E-state index contributed by atoms with van der Waals surface area (Å²) in [6.45, 7) is 4.82. The Morgan fingerprint density at radius 1 is 0.696 bits per heavy atom. The maximum atomic E-state index is 11.3. The van der Waals surface area contributed by atoms with E-state index in [1.54, 1.807) is 0 Å². The van der Waals surface area contributed by atoms with Gasteiger partial charge in [0.25, 0.3) is 0 Å². The maximum Gasteiger partial charge on any atom is 0.303 e. The number of halogens is 1. The van der Waals surface area contributed by atoms with E-state index in [0.29, 0.717) is 0 Å². The lowest BCUT2D eigenvalue weighted by Gasteiger charge is -2.42. The summed E-state index contributed by atoms with van der Waals surface area (Å²) in [7, 11) is 0. The molecule has 0 unspecified atom stereocenters. The number of hydrogen-bond acceptors (Lipinski definition) is 8. The van der Waals surface area contributed by atoms with E-state index in [1.165, 1.54) is 27.7 Å². The van der Waals surface area contributed by atoms with Crippen LogP contribution in [0.4, 0.5) is 0 Å². The molecule has 1 aliphatic rings. The van der Waals surface area contributed by atoms with Crippen LogP contribution in [0.2, 0.25) is 0 Å². The van der Waals surface area contributed by atoms with Gasteiger partial charge in [0.15, 0.2) is 12.2 Å². The van der Waals surface area contributed by atoms with E-state index in [1.807, 2.05) is 0 Å². The molecule has 1 aliphatic carbocycles. The van der Waals surface area contributed by atoms with Gasteiger partial charge in [-0.2, -0.15) is 0 Å². The summed E-state index contributed by atoms with van der Waals surface area (Å²) in [5.41, 5.74) is 0. The second-order valence-corrected chi connectivity index (χ2v) is 6.18. The van der Waals surface area contributed by atoms with Crippen LogP contribution in [0.25, 0.3) is 0 Å². The monoisotopic (exact) mass is 394 g/mol. The lowest BCUT2D eigenvalue weighted by Crippen LogP contribution is -2.58. The van der Waals surface area contributed by atoms with Crippen LogP contribution < -0.4 is 0 Å². The molecule has 0 aromatic heterocycles. The quantitative estimate of drug-likeness (QED) is 0.393. The third kappa shape index (κ3) is 5.81.